The van der Waals surface area contributed by atoms with Gasteiger partial charge < -0.3 is 10.5 Å². The maximum absolute atomic E-state index is 12.1. The monoisotopic (exact) mass is 369 g/mol. The maximum Gasteiger partial charge on any atom is 0.344 e. The van der Waals surface area contributed by atoms with Crippen molar-refractivity contribution in [2.75, 3.05) is 18.1 Å². The topological polar surface area (TPSA) is 70.1 Å². The summed E-state index contributed by atoms with van der Waals surface area (Å²) in [5.41, 5.74) is 7.25. The number of aromatic nitrogens is 2. The minimum absolute atomic E-state index is 0.288. The molecule has 0 atom stereocenters. The molecule has 2 N–H and O–H groups in total. The van der Waals surface area contributed by atoms with Gasteiger partial charge in [0.1, 0.15) is 16.4 Å². The Kier molecular flexibility index (Phi) is 5.30. The van der Waals surface area contributed by atoms with Gasteiger partial charge in [-0.1, -0.05) is 19.1 Å². The Labute approximate surface area is 136 Å². The summed E-state index contributed by atoms with van der Waals surface area (Å²) < 4.78 is 7.49. The highest BCUT2D eigenvalue weighted by Gasteiger charge is 2.24. The molecule has 7 heteroatoms. The summed E-state index contributed by atoms with van der Waals surface area (Å²) in [5.74, 6) is 0.638. The van der Waals surface area contributed by atoms with Crippen molar-refractivity contribution in [2.24, 2.45) is 0 Å². The lowest BCUT2D eigenvalue weighted by molar-refractivity contribution is 0.0523. The highest BCUT2D eigenvalue weighted by atomic mass is 79.9. The molecule has 1 aromatic heterocycles. The normalized spacial score (nSPS) is 10.6. The lowest BCUT2D eigenvalue weighted by Gasteiger charge is -2.06. The first-order valence-corrected chi connectivity index (χ1v) is 8.31. The standard InChI is InChI=1S/C14H16BrN3O2S/c1-3-20-14(19)11-12(16)18(17-13(11)21-4-2)10-8-6-5-7-9(10)15/h5-8H,3-4,16H2,1-2H3. The molecular weight excluding hydrogens is 354 g/mol. The number of thioether (sulfide) groups is 1. The van der Waals surface area contributed by atoms with Crippen LogP contribution < -0.4 is 5.73 Å². The predicted octanol–water partition coefficient (Wildman–Crippen LogP) is 3.51. The first-order chi connectivity index (χ1) is 10.1. The van der Waals surface area contributed by atoms with E-state index in [2.05, 4.69) is 21.0 Å². The van der Waals surface area contributed by atoms with Gasteiger partial charge in [0.05, 0.1) is 12.3 Å². The van der Waals surface area contributed by atoms with Crippen LogP contribution in [0.2, 0.25) is 0 Å². The molecule has 2 aromatic rings. The summed E-state index contributed by atoms with van der Waals surface area (Å²) in [6, 6.07) is 7.56. The van der Waals surface area contributed by atoms with Crippen molar-refractivity contribution in [3.8, 4) is 5.69 Å². The van der Waals surface area contributed by atoms with Gasteiger partial charge in [0, 0.05) is 4.47 Å². The van der Waals surface area contributed by atoms with Gasteiger partial charge in [0.15, 0.2) is 0 Å². The maximum atomic E-state index is 12.1. The molecule has 0 saturated heterocycles. The zero-order chi connectivity index (χ0) is 15.4. The second kappa shape index (κ2) is 7.00. The fourth-order valence-electron chi connectivity index (χ4n) is 1.85. The van der Waals surface area contributed by atoms with Crippen LogP contribution in [0.5, 0.6) is 0 Å². The van der Waals surface area contributed by atoms with Gasteiger partial charge in [-0.15, -0.1) is 11.8 Å². The smallest absolute Gasteiger partial charge is 0.344 e. The highest BCUT2D eigenvalue weighted by Crippen LogP contribution is 2.31. The Hall–Kier alpha value is -1.47. The molecule has 0 saturated carbocycles. The van der Waals surface area contributed by atoms with Crippen LogP contribution in [0.25, 0.3) is 5.69 Å². The first kappa shape index (κ1) is 15.9. The van der Waals surface area contributed by atoms with Crippen LogP contribution in [0.4, 0.5) is 5.82 Å². The summed E-state index contributed by atoms with van der Waals surface area (Å²) in [6.45, 7) is 4.06. The van der Waals surface area contributed by atoms with Crippen molar-refractivity contribution < 1.29 is 9.53 Å². The number of rotatable bonds is 5. The Balaban J connectivity index is 2.56. The lowest BCUT2D eigenvalue weighted by atomic mass is 10.3. The van der Waals surface area contributed by atoms with Gasteiger partial charge in [0.2, 0.25) is 0 Å². The minimum Gasteiger partial charge on any atom is -0.462 e. The quantitative estimate of drug-likeness (QED) is 0.644. The van der Waals surface area contributed by atoms with Crippen molar-refractivity contribution in [2.45, 2.75) is 18.9 Å². The summed E-state index contributed by atoms with van der Waals surface area (Å²) in [5, 5.41) is 5.04. The molecule has 0 fully saturated rings. The number of hydrogen-bond acceptors (Lipinski definition) is 5. The number of benzene rings is 1. The largest absolute Gasteiger partial charge is 0.462 e. The Morgan fingerprint density at radius 2 is 2.14 bits per heavy atom. The molecule has 0 radical (unpaired) electrons. The van der Waals surface area contributed by atoms with Crippen molar-refractivity contribution in [1.29, 1.82) is 0 Å². The summed E-state index contributed by atoms with van der Waals surface area (Å²) in [6.07, 6.45) is 0. The van der Waals surface area contributed by atoms with Gasteiger partial charge in [-0.3, -0.25) is 0 Å². The number of para-hydroxylation sites is 1. The second-order valence-corrected chi connectivity index (χ2v) is 6.19. The molecular formula is C14H16BrN3O2S. The fourth-order valence-corrected chi connectivity index (χ4v) is 3.05. The van der Waals surface area contributed by atoms with E-state index >= 15 is 0 Å². The van der Waals surface area contributed by atoms with Gasteiger partial charge in [-0.25, -0.2) is 9.48 Å². The summed E-state index contributed by atoms with van der Waals surface area (Å²) >= 11 is 4.93. The Bertz CT molecular complexity index is 658. The number of halogens is 1. The number of nitrogens with zero attached hydrogens (tertiary/aromatic N) is 2. The SMILES string of the molecule is CCOC(=O)c1c(SCC)nn(-c2ccccc2Br)c1N. The van der Waals surface area contributed by atoms with Crippen molar-refractivity contribution >= 4 is 39.5 Å². The van der Waals surface area contributed by atoms with Gasteiger partial charge in [-0.05, 0) is 40.7 Å². The van der Waals surface area contributed by atoms with Crippen LogP contribution >= 0.6 is 27.7 Å². The van der Waals surface area contributed by atoms with Crippen LogP contribution in [0.15, 0.2) is 33.8 Å². The third kappa shape index (κ3) is 3.24. The Morgan fingerprint density at radius 3 is 2.76 bits per heavy atom. The average molecular weight is 370 g/mol. The van der Waals surface area contributed by atoms with Crippen molar-refractivity contribution in [1.82, 2.24) is 9.78 Å². The first-order valence-electron chi connectivity index (χ1n) is 6.53. The number of nitrogen functional groups attached to an aromatic ring is 1. The number of carbonyl (C=O) groups excluding carboxylic acids is 1. The zero-order valence-electron chi connectivity index (χ0n) is 11.8. The molecule has 1 heterocycles. The van der Waals surface area contributed by atoms with Crippen LogP contribution in [-0.2, 0) is 4.74 Å². The molecule has 1 aromatic carbocycles. The third-order valence-electron chi connectivity index (χ3n) is 2.73. The van der Waals surface area contributed by atoms with E-state index in [4.69, 9.17) is 10.5 Å². The lowest BCUT2D eigenvalue weighted by Crippen LogP contribution is -2.09. The number of nitrogens with two attached hydrogens (primary N) is 1. The molecule has 0 aliphatic heterocycles. The van der Waals surface area contributed by atoms with Crippen LogP contribution in [-0.4, -0.2) is 28.1 Å². The fraction of sp³-hybridized carbons (Fsp3) is 0.286. The van der Waals surface area contributed by atoms with E-state index in [1.165, 1.54) is 11.8 Å². The van der Waals surface area contributed by atoms with Crippen LogP contribution in [0.3, 0.4) is 0 Å². The number of anilines is 1. The molecule has 0 aliphatic rings. The molecule has 112 valence electrons. The number of esters is 1. The number of ether oxygens (including phenoxy) is 1. The third-order valence-corrected chi connectivity index (χ3v) is 4.25. The van der Waals surface area contributed by atoms with Crippen LogP contribution in [0, 0.1) is 0 Å². The molecule has 2 rings (SSSR count). The minimum atomic E-state index is -0.441. The van der Waals surface area contributed by atoms with Gasteiger partial charge >= 0.3 is 5.97 Å². The molecule has 0 aliphatic carbocycles. The van der Waals surface area contributed by atoms with E-state index in [0.29, 0.717) is 17.2 Å². The number of hydrogen-bond donors (Lipinski definition) is 1. The highest BCUT2D eigenvalue weighted by molar-refractivity contribution is 9.10. The van der Waals surface area contributed by atoms with E-state index in [9.17, 15) is 4.79 Å². The molecule has 0 bridgehead atoms. The van der Waals surface area contributed by atoms with Crippen LogP contribution in [0.1, 0.15) is 24.2 Å². The molecule has 0 spiro atoms. The van der Waals surface area contributed by atoms with Crippen molar-refractivity contribution in [3.63, 3.8) is 0 Å². The summed E-state index contributed by atoms with van der Waals surface area (Å²) in [4.78, 5) is 12.1. The molecule has 0 amide bonds. The molecule has 21 heavy (non-hydrogen) atoms. The zero-order valence-corrected chi connectivity index (χ0v) is 14.2. The van der Waals surface area contributed by atoms with Crippen molar-refractivity contribution in [3.05, 3.63) is 34.3 Å². The van der Waals surface area contributed by atoms with Gasteiger partial charge in [-0.2, -0.15) is 5.10 Å². The Morgan fingerprint density at radius 1 is 1.43 bits per heavy atom. The molecule has 5 nitrogen and oxygen atoms in total. The number of carbonyl (C=O) groups is 1. The van der Waals surface area contributed by atoms with E-state index in [1.54, 1.807) is 11.6 Å². The summed E-state index contributed by atoms with van der Waals surface area (Å²) in [7, 11) is 0. The second-order valence-electron chi connectivity index (χ2n) is 4.08. The van der Waals surface area contributed by atoms with E-state index in [1.807, 2.05) is 31.2 Å². The average Bonchev–Trinajstić information content (AvgIpc) is 2.77. The van der Waals surface area contributed by atoms with Gasteiger partial charge in [0.25, 0.3) is 0 Å². The predicted molar refractivity (Wildman–Crippen MR) is 88.0 cm³/mol. The van der Waals surface area contributed by atoms with E-state index in [-0.39, 0.29) is 5.82 Å². The van der Waals surface area contributed by atoms with E-state index < -0.39 is 5.97 Å². The molecule has 0 unspecified atom stereocenters. The van der Waals surface area contributed by atoms with E-state index in [0.717, 1.165) is 15.9 Å².